The lowest BCUT2D eigenvalue weighted by molar-refractivity contribution is 0.0685. The smallest absolute Gasteiger partial charge is 0.358 e. The number of halogens is 1. The maximum atomic E-state index is 12.7. The molecule has 0 fully saturated rings. The molecule has 0 aliphatic rings. The van der Waals surface area contributed by atoms with Crippen LogP contribution in [0, 0.1) is 5.82 Å². The van der Waals surface area contributed by atoms with Crippen LogP contribution in [0.15, 0.2) is 34.9 Å². The van der Waals surface area contributed by atoms with Gasteiger partial charge < -0.3 is 14.9 Å². The van der Waals surface area contributed by atoms with Crippen molar-refractivity contribution >= 4 is 5.97 Å². The molecule has 2 rings (SSSR count). The van der Waals surface area contributed by atoms with E-state index in [1.165, 1.54) is 18.2 Å². The van der Waals surface area contributed by atoms with Gasteiger partial charge in [0, 0.05) is 6.07 Å². The van der Waals surface area contributed by atoms with E-state index in [1.807, 2.05) is 0 Å². The van der Waals surface area contributed by atoms with Gasteiger partial charge in [0.2, 0.25) is 0 Å². The van der Waals surface area contributed by atoms with Crippen LogP contribution >= 0.6 is 0 Å². The molecule has 1 aromatic carbocycles. The molecule has 1 heterocycles. The Balaban J connectivity index is 1.74. The van der Waals surface area contributed by atoms with Gasteiger partial charge in [0.25, 0.3) is 0 Å². The first-order chi connectivity index (χ1) is 9.15. The molecule has 2 aromatic rings. The fourth-order valence-electron chi connectivity index (χ4n) is 1.59. The first-order valence-corrected chi connectivity index (χ1v) is 5.79. The van der Waals surface area contributed by atoms with Crippen molar-refractivity contribution in [3.63, 3.8) is 0 Å². The van der Waals surface area contributed by atoms with Crippen molar-refractivity contribution in [2.24, 2.45) is 0 Å². The summed E-state index contributed by atoms with van der Waals surface area (Å²) in [4.78, 5) is 10.6. The van der Waals surface area contributed by atoms with Gasteiger partial charge in [-0.25, -0.2) is 9.18 Å². The first-order valence-electron chi connectivity index (χ1n) is 5.79. The third-order valence-electron chi connectivity index (χ3n) is 2.58. The van der Waals surface area contributed by atoms with Crippen LogP contribution in [-0.2, 0) is 13.0 Å². The second-order valence-electron chi connectivity index (χ2n) is 4.04. The summed E-state index contributed by atoms with van der Waals surface area (Å²) < 4.78 is 17.5. The summed E-state index contributed by atoms with van der Waals surface area (Å²) in [5, 5.41) is 15.2. The number of carboxylic acid groups (broad SMARTS) is 1. The Kier molecular flexibility index (Phi) is 4.25. The van der Waals surface area contributed by atoms with Crippen LogP contribution in [0.25, 0.3) is 0 Å². The van der Waals surface area contributed by atoms with E-state index in [4.69, 9.17) is 9.63 Å². The average molecular weight is 264 g/mol. The lowest BCUT2D eigenvalue weighted by Gasteiger charge is -2.02. The molecule has 0 spiro atoms. The van der Waals surface area contributed by atoms with Gasteiger partial charge in [-0.15, -0.1) is 0 Å². The Bertz CT molecular complexity index is 551. The summed E-state index contributed by atoms with van der Waals surface area (Å²) >= 11 is 0. The van der Waals surface area contributed by atoms with Crippen LogP contribution in [0.4, 0.5) is 4.39 Å². The molecule has 0 atom stereocenters. The number of aromatic carboxylic acids is 1. The molecule has 0 bridgehead atoms. The Morgan fingerprint density at radius 3 is 2.74 bits per heavy atom. The number of nitrogens with one attached hydrogen (secondary N) is 1. The normalized spacial score (nSPS) is 10.6. The Labute approximate surface area is 109 Å². The fourth-order valence-corrected chi connectivity index (χ4v) is 1.59. The van der Waals surface area contributed by atoms with Crippen molar-refractivity contribution in [3.8, 4) is 0 Å². The summed E-state index contributed by atoms with van der Waals surface area (Å²) in [7, 11) is 0. The number of carbonyl (C=O) groups is 1. The molecule has 0 saturated carbocycles. The predicted octanol–water partition coefficient (Wildman–Crippen LogP) is 1.84. The highest BCUT2D eigenvalue weighted by Gasteiger charge is 2.09. The Hall–Kier alpha value is -2.21. The molecule has 0 aliphatic carbocycles. The van der Waals surface area contributed by atoms with Gasteiger partial charge in [-0.1, -0.05) is 17.3 Å². The van der Waals surface area contributed by atoms with Crippen LogP contribution in [0.5, 0.6) is 0 Å². The molecule has 1 aromatic heterocycles. The van der Waals surface area contributed by atoms with Crippen LogP contribution in [0.3, 0.4) is 0 Å². The highest BCUT2D eigenvalue weighted by Crippen LogP contribution is 2.04. The maximum Gasteiger partial charge on any atom is 0.358 e. The summed E-state index contributed by atoms with van der Waals surface area (Å²) in [6.45, 7) is 1.08. The largest absolute Gasteiger partial charge is 0.476 e. The minimum Gasteiger partial charge on any atom is -0.476 e. The number of nitrogens with zero attached hydrogens (tertiary/aromatic N) is 1. The van der Waals surface area contributed by atoms with Crippen molar-refractivity contribution in [2.75, 3.05) is 6.54 Å². The molecule has 2 N–H and O–H groups in total. The second kappa shape index (κ2) is 6.10. The molecular weight excluding hydrogens is 251 g/mol. The molecule has 0 aliphatic heterocycles. The Morgan fingerprint density at radius 2 is 2.11 bits per heavy atom. The minimum absolute atomic E-state index is 0.102. The third kappa shape index (κ3) is 3.89. The summed E-state index contributed by atoms with van der Waals surface area (Å²) in [5.74, 6) is -0.891. The zero-order chi connectivity index (χ0) is 13.7. The summed E-state index contributed by atoms with van der Waals surface area (Å²) in [5.41, 5.74) is 0.924. The van der Waals surface area contributed by atoms with Crippen molar-refractivity contribution in [2.45, 2.75) is 13.0 Å². The fraction of sp³-hybridized carbons (Fsp3) is 0.231. The van der Waals surface area contributed by atoms with Crippen molar-refractivity contribution in [1.82, 2.24) is 10.5 Å². The van der Waals surface area contributed by atoms with Crippen molar-refractivity contribution in [1.29, 1.82) is 0 Å². The van der Waals surface area contributed by atoms with E-state index >= 15 is 0 Å². The van der Waals surface area contributed by atoms with E-state index in [0.717, 1.165) is 12.0 Å². The second-order valence-corrected chi connectivity index (χ2v) is 4.04. The topological polar surface area (TPSA) is 75.4 Å². The van der Waals surface area contributed by atoms with Crippen molar-refractivity contribution < 1.29 is 18.8 Å². The number of aromatic nitrogens is 1. The lowest BCUT2D eigenvalue weighted by atomic mass is 10.1. The SMILES string of the molecule is O=C(O)c1cc(CNCCc2ccc(F)cc2)on1. The van der Waals surface area contributed by atoms with Gasteiger partial charge in [-0.3, -0.25) is 0 Å². The van der Waals surface area contributed by atoms with E-state index in [0.29, 0.717) is 18.8 Å². The average Bonchev–Trinajstić information content (AvgIpc) is 2.86. The van der Waals surface area contributed by atoms with E-state index in [2.05, 4.69) is 10.5 Å². The van der Waals surface area contributed by atoms with Gasteiger partial charge >= 0.3 is 5.97 Å². The van der Waals surface area contributed by atoms with E-state index < -0.39 is 5.97 Å². The first kappa shape index (κ1) is 13.2. The van der Waals surface area contributed by atoms with Gasteiger partial charge in [0.05, 0.1) is 6.54 Å². The van der Waals surface area contributed by atoms with E-state index in [1.54, 1.807) is 12.1 Å². The summed E-state index contributed by atoms with van der Waals surface area (Å²) in [6, 6.07) is 7.69. The third-order valence-corrected chi connectivity index (χ3v) is 2.58. The number of benzene rings is 1. The van der Waals surface area contributed by atoms with Gasteiger partial charge in [0.15, 0.2) is 11.5 Å². The van der Waals surface area contributed by atoms with Gasteiger partial charge in [-0.2, -0.15) is 0 Å². The predicted molar refractivity (Wildman–Crippen MR) is 65.3 cm³/mol. The number of hydrogen-bond donors (Lipinski definition) is 2. The van der Waals surface area contributed by atoms with E-state index in [9.17, 15) is 9.18 Å². The Morgan fingerprint density at radius 1 is 1.37 bits per heavy atom. The molecule has 6 heteroatoms. The lowest BCUT2D eigenvalue weighted by Crippen LogP contribution is -2.16. The molecule has 0 radical (unpaired) electrons. The van der Waals surface area contributed by atoms with Gasteiger partial charge in [-0.05, 0) is 30.7 Å². The van der Waals surface area contributed by atoms with Crippen LogP contribution in [0.1, 0.15) is 21.8 Å². The van der Waals surface area contributed by atoms with Gasteiger partial charge in [0.1, 0.15) is 5.82 Å². The number of carboxylic acids is 1. The number of rotatable bonds is 6. The van der Waals surface area contributed by atoms with Crippen LogP contribution in [0.2, 0.25) is 0 Å². The molecule has 19 heavy (non-hydrogen) atoms. The molecule has 100 valence electrons. The highest BCUT2D eigenvalue weighted by atomic mass is 19.1. The zero-order valence-corrected chi connectivity index (χ0v) is 10.1. The van der Waals surface area contributed by atoms with Crippen molar-refractivity contribution in [3.05, 3.63) is 53.2 Å². The maximum absolute atomic E-state index is 12.7. The highest BCUT2D eigenvalue weighted by molar-refractivity contribution is 5.85. The molecule has 0 unspecified atom stereocenters. The molecule has 5 nitrogen and oxygen atoms in total. The zero-order valence-electron chi connectivity index (χ0n) is 10.1. The van der Waals surface area contributed by atoms with Crippen LogP contribution in [-0.4, -0.2) is 22.8 Å². The van der Waals surface area contributed by atoms with E-state index in [-0.39, 0.29) is 11.5 Å². The molecule has 0 saturated heterocycles. The monoisotopic (exact) mass is 264 g/mol. The standard InChI is InChI=1S/C13H13FN2O3/c14-10-3-1-9(2-4-10)5-6-15-8-11-7-12(13(17)18)16-19-11/h1-4,7,15H,5-6,8H2,(H,17,18). The number of hydrogen-bond acceptors (Lipinski definition) is 4. The molecular formula is C13H13FN2O3. The summed E-state index contributed by atoms with van der Waals surface area (Å²) in [6.07, 6.45) is 0.750. The molecule has 0 amide bonds. The van der Waals surface area contributed by atoms with Crippen LogP contribution < -0.4 is 5.32 Å². The minimum atomic E-state index is -1.11. The quantitative estimate of drug-likeness (QED) is 0.779.